The summed E-state index contributed by atoms with van der Waals surface area (Å²) in [5.74, 6) is 0.521. The molecule has 8 nitrogen and oxygen atoms in total. The van der Waals surface area contributed by atoms with Crippen LogP contribution in [-0.4, -0.2) is 18.7 Å². The van der Waals surface area contributed by atoms with E-state index in [1.807, 2.05) is 34.7 Å². The predicted molar refractivity (Wildman–Crippen MR) is 96.7 cm³/mol. The molecule has 0 spiro atoms. The normalized spacial score (nSPS) is 9.56. The molecule has 1 aromatic heterocycles. The van der Waals surface area contributed by atoms with Crippen molar-refractivity contribution in [3.8, 4) is 40.8 Å². The summed E-state index contributed by atoms with van der Waals surface area (Å²) in [7, 11) is 1.41. The van der Waals surface area contributed by atoms with Gasteiger partial charge in [-0.2, -0.15) is 15.8 Å². The summed E-state index contributed by atoms with van der Waals surface area (Å²) in [5, 5.41) is 27.4. The quantitative estimate of drug-likeness (QED) is 0.680. The summed E-state index contributed by atoms with van der Waals surface area (Å²) < 4.78 is 11.2. The second kappa shape index (κ2) is 7.56. The number of hydrogen-bond donors (Lipinski definition) is 2. The van der Waals surface area contributed by atoms with Crippen molar-refractivity contribution in [3.05, 3.63) is 37.2 Å². The molecule has 0 amide bonds. The summed E-state index contributed by atoms with van der Waals surface area (Å²) in [6.45, 7) is -0.170. The van der Waals surface area contributed by atoms with E-state index >= 15 is 0 Å². The average molecular weight is 447 g/mol. The monoisotopic (exact) mass is 447 g/mol. The molecule has 0 saturated heterocycles. The van der Waals surface area contributed by atoms with Crippen LogP contribution in [0.4, 0.5) is 5.82 Å². The fourth-order valence-electron chi connectivity index (χ4n) is 2.24. The Morgan fingerprint density at radius 1 is 1.24 bits per heavy atom. The number of methoxy groups -OCH3 is 1. The van der Waals surface area contributed by atoms with Gasteiger partial charge in [-0.3, -0.25) is 4.79 Å². The van der Waals surface area contributed by atoms with E-state index in [1.54, 1.807) is 12.1 Å². The lowest BCUT2D eigenvalue weighted by Crippen LogP contribution is -2.16. The lowest BCUT2D eigenvalue weighted by molar-refractivity contribution is 0.327. The maximum Gasteiger partial charge on any atom is 0.268 e. The topological polar surface area (TPSA) is 149 Å². The first-order chi connectivity index (χ1) is 12.0. The molecule has 2 aromatic rings. The van der Waals surface area contributed by atoms with Crippen molar-refractivity contribution in [2.75, 3.05) is 19.5 Å². The molecule has 0 bridgehead atoms. The first kappa shape index (κ1) is 18.1. The number of pyridine rings is 1. The van der Waals surface area contributed by atoms with Gasteiger partial charge in [-0.05, 0) is 40.3 Å². The van der Waals surface area contributed by atoms with Gasteiger partial charge in [0.15, 0.2) is 18.1 Å². The summed E-state index contributed by atoms with van der Waals surface area (Å²) in [4.78, 5) is 14.3. The molecule has 0 atom stereocenters. The van der Waals surface area contributed by atoms with Gasteiger partial charge < -0.3 is 20.2 Å². The van der Waals surface area contributed by atoms with Gasteiger partial charge in [-0.15, -0.1) is 0 Å². The highest BCUT2D eigenvalue weighted by Gasteiger charge is 2.21. The molecule has 0 fully saturated rings. The van der Waals surface area contributed by atoms with E-state index in [0.29, 0.717) is 20.6 Å². The van der Waals surface area contributed by atoms with E-state index in [-0.39, 0.29) is 29.1 Å². The minimum atomic E-state index is -0.687. The standard InChI is InChI=1S/C16H10IN5O3/c1-24-12-5-8(4-11(17)14(12)25-3-2-18)13-9(6-19)15(21)22-16(23)10(13)7-20/h4-5H,3H2,1H3,(H3,21,22,23). The van der Waals surface area contributed by atoms with Crippen LogP contribution >= 0.6 is 22.6 Å². The first-order valence-electron chi connectivity index (χ1n) is 6.72. The third-order valence-corrected chi connectivity index (χ3v) is 4.07. The van der Waals surface area contributed by atoms with E-state index in [9.17, 15) is 15.3 Å². The molecule has 124 valence electrons. The second-order valence-corrected chi connectivity index (χ2v) is 5.81. The number of nitrogen functional groups attached to an aromatic ring is 1. The highest BCUT2D eigenvalue weighted by Crippen LogP contribution is 2.39. The van der Waals surface area contributed by atoms with Crippen LogP contribution in [0.15, 0.2) is 16.9 Å². The zero-order valence-electron chi connectivity index (χ0n) is 12.9. The summed E-state index contributed by atoms with van der Waals surface area (Å²) in [6, 6.07) is 8.71. The SMILES string of the molecule is COc1cc(-c2c(C#N)c(N)[nH]c(=O)c2C#N)cc(I)c1OCC#N. The molecule has 2 rings (SSSR count). The summed E-state index contributed by atoms with van der Waals surface area (Å²) in [6.07, 6.45) is 0. The Balaban J connectivity index is 2.83. The molecule has 0 aliphatic rings. The number of rotatable bonds is 4. The molecule has 0 aliphatic carbocycles. The van der Waals surface area contributed by atoms with E-state index in [4.69, 9.17) is 20.5 Å². The molecule has 0 unspecified atom stereocenters. The fraction of sp³-hybridized carbons (Fsp3) is 0.125. The van der Waals surface area contributed by atoms with Crippen molar-refractivity contribution in [1.82, 2.24) is 4.98 Å². The van der Waals surface area contributed by atoms with Crippen LogP contribution in [0.5, 0.6) is 11.5 Å². The molecular weight excluding hydrogens is 437 g/mol. The number of nitrogens with two attached hydrogens (primary N) is 1. The van der Waals surface area contributed by atoms with E-state index in [2.05, 4.69) is 4.98 Å². The molecule has 25 heavy (non-hydrogen) atoms. The number of nitrogens with zero attached hydrogens (tertiary/aromatic N) is 3. The number of benzene rings is 1. The molecule has 1 heterocycles. The van der Waals surface area contributed by atoms with Crippen molar-refractivity contribution in [1.29, 1.82) is 15.8 Å². The maximum atomic E-state index is 12.0. The highest BCUT2D eigenvalue weighted by molar-refractivity contribution is 14.1. The Morgan fingerprint density at radius 3 is 2.48 bits per heavy atom. The van der Waals surface area contributed by atoms with Crippen LogP contribution in [0.2, 0.25) is 0 Å². The minimum absolute atomic E-state index is 0.0142. The molecule has 9 heteroatoms. The Hall–Kier alpha value is -3.23. The Kier molecular flexibility index (Phi) is 5.48. The minimum Gasteiger partial charge on any atom is -0.493 e. The molecule has 3 N–H and O–H groups in total. The molecule has 1 aromatic carbocycles. The summed E-state index contributed by atoms with van der Waals surface area (Å²) >= 11 is 1.97. The van der Waals surface area contributed by atoms with Gasteiger partial charge in [0, 0.05) is 5.56 Å². The van der Waals surface area contributed by atoms with Gasteiger partial charge >= 0.3 is 0 Å². The third-order valence-electron chi connectivity index (χ3n) is 3.27. The van der Waals surface area contributed by atoms with Crippen LogP contribution < -0.4 is 20.8 Å². The third kappa shape index (κ3) is 3.35. The number of hydrogen-bond acceptors (Lipinski definition) is 7. The molecule has 0 saturated carbocycles. The van der Waals surface area contributed by atoms with Crippen molar-refractivity contribution >= 4 is 28.4 Å². The maximum absolute atomic E-state index is 12.0. The van der Waals surface area contributed by atoms with Crippen molar-refractivity contribution < 1.29 is 9.47 Å². The van der Waals surface area contributed by atoms with Crippen LogP contribution in [0, 0.1) is 37.6 Å². The highest BCUT2D eigenvalue weighted by atomic mass is 127. The number of aromatic amines is 1. The van der Waals surface area contributed by atoms with Crippen molar-refractivity contribution in [2.24, 2.45) is 0 Å². The van der Waals surface area contributed by atoms with Crippen LogP contribution in [0.1, 0.15) is 11.1 Å². The number of nitrogens with one attached hydrogen (secondary N) is 1. The largest absolute Gasteiger partial charge is 0.493 e. The lowest BCUT2D eigenvalue weighted by Gasteiger charge is -2.14. The molecule has 0 aliphatic heterocycles. The number of ether oxygens (including phenoxy) is 2. The lowest BCUT2D eigenvalue weighted by atomic mass is 9.96. The molecule has 0 radical (unpaired) electrons. The van der Waals surface area contributed by atoms with Gasteiger partial charge in [-0.1, -0.05) is 0 Å². The van der Waals surface area contributed by atoms with Gasteiger partial charge in [-0.25, -0.2) is 0 Å². The zero-order chi connectivity index (χ0) is 18.6. The van der Waals surface area contributed by atoms with Gasteiger partial charge in [0.05, 0.1) is 10.7 Å². The Labute approximate surface area is 156 Å². The molecular formula is C16H10IN5O3. The van der Waals surface area contributed by atoms with Gasteiger partial charge in [0.2, 0.25) is 0 Å². The Morgan fingerprint density at radius 2 is 1.92 bits per heavy atom. The van der Waals surface area contributed by atoms with E-state index in [1.165, 1.54) is 13.2 Å². The Bertz CT molecular complexity index is 1020. The number of anilines is 1. The van der Waals surface area contributed by atoms with Crippen LogP contribution in [0.3, 0.4) is 0 Å². The van der Waals surface area contributed by atoms with Gasteiger partial charge in [0.25, 0.3) is 5.56 Å². The number of halogens is 1. The number of H-pyrrole nitrogens is 1. The first-order valence-corrected chi connectivity index (χ1v) is 7.79. The zero-order valence-corrected chi connectivity index (χ0v) is 15.0. The summed E-state index contributed by atoms with van der Waals surface area (Å²) in [5.41, 5.74) is 5.31. The predicted octanol–water partition coefficient (Wildman–Crippen LogP) is 1.88. The van der Waals surface area contributed by atoms with Crippen molar-refractivity contribution in [2.45, 2.75) is 0 Å². The number of aromatic nitrogens is 1. The van der Waals surface area contributed by atoms with Crippen LogP contribution in [0.25, 0.3) is 11.1 Å². The van der Waals surface area contributed by atoms with E-state index in [0.717, 1.165) is 0 Å². The van der Waals surface area contributed by atoms with Crippen LogP contribution in [-0.2, 0) is 0 Å². The average Bonchev–Trinajstić information content (AvgIpc) is 2.59. The van der Waals surface area contributed by atoms with Crippen molar-refractivity contribution in [3.63, 3.8) is 0 Å². The van der Waals surface area contributed by atoms with Gasteiger partial charge in [0.1, 0.15) is 35.2 Å². The van der Waals surface area contributed by atoms with E-state index < -0.39 is 5.56 Å². The smallest absolute Gasteiger partial charge is 0.268 e. The second-order valence-electron chi connectivity index (χ2n) is 4.65. The fourth-order valence-corrected chi connectivity index (χ4v) is 3.00. The number of nitriles is 3.